The molecule has 0 saturated heterocycles. The number of aliphatic hydroxyl groups excluding tert-OH is 1. The van der Waals surface area contributed by atoms with Crippen molar-refractivity contribution in [2.24, 2.45) is 0 Å². The van der Waals surface area contributed by atoms with Crippen LogP contribution >= 0.6 is 0 Å². The molecule has 4 aromatic rings. The summed E-state index contributed by atoms with van der Waals surface area (Å²) in [6, 6.07) is 16.0. The van der Waals surface area contributed by atoms with Crippen molar-refractivity contribution in [2.45, 2.75) is 53.2 Å². The molecule has 0 fully saturated rings. The SMILES string of the molecule is CCc1ccc(Oc2nc3c(c(=O)n(CCCO)c(=O)n3CC)n2Cc2ccc(C)cc2)cc1. The summed E-state index contributed by atoms with van der Waals surface area (Å²) in [6.07, 6.45) is 1.23. The van der Waals surface area contributed by atoms with Crippen molar-refractivity contribution < 1.29 is 9.84 Å². The average molecular weight is 463 g/mol. The maximum atomic E-state index is 13.5. The maximum Gasteiger partial charge on any atom is 0.332 e. The topological polar surface area (TPSA) is 91.3 Å². The third-order valence-corrected chi connectivity index (χ3v) is 5.94. The number of benzene rings is 2. The van der Waals surface area contributed by atoms with E-state index in [-0.39, 0.29) is 19.2 Å². The summed E-state index contributed by atoms with van der Waals surface area (Å²) in [5, 5.41) is 9.26. The van der Waals surface area contributed by atoms with Gasteiger partial charge in [0, 0.05) is 19.7 Å². The molecule has 0 radical (unpaired) electrons. The fraction of sp³-hybridized carbons (Fsp3) is 0.346. The minimum Gasteiger partial charge on any atom is -0.425 e. The highest BCUT2D eigenvalue weighted by molar-refractivity contribution is 5.72. The van der Waals surface area contributed by atoms with E-state index in [0.717, 1.165) is 17.5 Å². The van der Waals surface area contributed by atoms with Gasteiger partial charge in [-0.25, -0.2) is 4.79 Å². The number of aryl methyl sites for hydroxylation is 3. The number of nitrogens with zero attached hydrogens (tertiary/aromatic N) is 4. The molecule has 0 unspecified atom stereocenters. The quantitative estimate of drug-likeness (QED) is 0.411. The fourth-order valence-corrected chi connectivity index (χ4v) is 3.98. The van der Waals surface area contributed by atoms with Gasteiger partial charge in [0.25, 0.3) is 5.56 Å². The molecule has 1 N–H and O–H groups in total. The zero-order valence-electron chi connectivity index (χ0n) is 19.8. The molecule has 0 spiro atoms. The van der Waals surface area contributed by atoms with E-state index in [1.807, 2.05) is 62.4 Å². The Labute approximate surface area is 197 Å². The Morgan fingerprint density at radius 3 is 2.21 bits per heavy atom. The van der Waals surface area contributed by atoms with E-state index >= 15 is 0 Å². The molecule has 34 heavy (non-hydrogen) atoms. The number of imidazole rings is 1. The first kappa shape index (κ1) is 23.5. The van der Waals surface area contributed by atoms with E-state index in [1.54, 1.807) is 4.57 Å². The predicted octanol–water partition coefficient (Wildman–Crippen LogP) is 3.47. The van der Waals surface area contributed by atoms with Gasteiger partial charge in [0.15, 0.2) is 11.2 Å². The minimum atomic E-state index is -0.438. The van der Waals surface area contributed by atoms with Crippen molar-refractivity contribution in [3.8, 4) is 11.8 Å². The van der Waals surface area contributed by atoms with Gasteiger partial charge in [0.1, 0.15) is 5.75 Å². The van der Waals surface area contributed by atoms with Crippen LogP contribution in [-0.4, -0.2) is 30.4 Å². The van der Waals surface area contributed by atoms with Crippen LogP contribution in [0.2, 0.25) is 0 Å². The summed E-state index contributed by atoms with van der Waals surface area (Å²) in [5.74, 6) is 0.601. The van der Waals surface area contributed by atoms with Crippen LogP contribution < -0.4 is 16.0 Å². The van der Waals surface area contributed by atoms with Gasteiger partial charge in [0.2, 0.25) is 0 Å². The highest BCUT2D eigenvalue weighted by atomic mass is 16.5. The lowest BCUT2D eigenvalue weighted by molar-refractivity contribution is 0.277. The number of aromatic nitrogens is 4. The van der Waals surface area contributed by atoms with Crippen LogP contribution in [0.5, 0.6) is 11.8 Å². The van der Waals surface area contributed by atoms with Gasteiger partial charge < -0.3 is 9.84 Å². The van der Waals surface area contributed by atoms with E-state index in [1.165, 1.54) is 14.7 Å². The maximum absolute atomic E-state index is 13.5. The van der Waals surface area contributed by atoms with Crippen molar-refractivity contribution in [1.29, 1.82) is 0 Å². The number of hydrogen-bond acceptors (Lipinski definition) is 5. The highest BCUT2D eigenvalue weighted by Gasteiger charge is 2.22. The number of aliphatic hydroxyl groups is 1. The summed E-state index contributed by atoms with van der Waals surface area (Å²) >= 11 is 0. The Bertz CT molecular complexity index is 1400. The molecule has 8 nitrogen and oxygen atoms in total. The van der Waals surface area contributed by atoms with Gasteiger partial charge in [-0.05, 0) is 49.9 Å². The zero-order chi connectivity index (χ0) is 24.2. The first-order valence-electron chi connectivity index (χ1n) is 11.6. The van der Waals surface area contributed by atoms with Gasteiger partial charge >= 0.3 is 11.7 Å². The van der Waals surface area contributed by atoms with E-state index in [4.69, 9.17) is 4.74 Å². The number of ether oxygens (including phenoxy) is 1. The van der Waals surface area contributed by atoms with E-state index in [2.05, 4.69) is 11.9 Å². The molecule has 0 saturated carbocycles. The van der Waals surface area contributed by atoms with Crippen LogP contribution in [0.15, 0.2) is 58.1 Å². The molecule has 178 valence electrons. The molecule has 0 atom stereocenters. The summed E-state index contributed by atoms with van der Waals surface area (Å²) in [6.45, 7) is 6.67. The normalized spacial score (nSPS) is 11.3. The van der Waals surface area contributed by atoms with Gasteiger partial charge in [0.05, 0.1) is 6.54 Å². The monoisotopic (exact) mass is 462 g/mol. The second-order valence-electron chi connectivity index (χ2n) is 8.30. The van der Waals surface area contributed by atoms with Crippen molar-refractivity contribution >= 4 is 11.2 Å². The molecule has 0 aliphatic heterocycles. The number of hydrogen-bond donors (Lipinski definition) is 1. The van der Waals surface area contributed by atoms with Crippen molar-refractivity contribution in [2.75, 3.05) is 6.61 Å². The van der Waals surface area contributed by atoms with E-state index in [9.17, 15) is 14.7 Å². The molecule has 0 aliphatic carbocycles. The molecule has 4 rings (SSSR count). The van der Waals surface area contributed by atoms with Crippen LogP contribution in [0, 0.1) is 6.92 Å². The zero-order valence-corrected chi connectivity index (χ0v) is 19.8. The smallest absolute Gasteiger partial charge is 0.332 e. The average Bonchev–Trinajstić information content (AvgIpc) is 3.18. The molecule has 2 aromatic carbocycles. The first-order chi connectivity index (χ1) is 16.5. The largest absolute Gasteiger partial charge is 0.425 e. The van der Waals surface area contributed by atoms with Crippen molar-refractivity contribution in [3.63, 3.8) is 0 Å². The number of fused-ring (bicyclic) bond motifs is 1. The van der Waals surface area contributed by atoms with Crippen LogP contribution in [0.25, 0.3) is 11.2 Å². The van der Waals surface area contributed by atoms with Crippen LogP contribution in [0.3, 0.4) is 0 Å². The Morgan fingerprint density at radius 1 is 0.912 bits per heavy atom. The molecule has 0 bridgehead atoms. The van der Waals surface area contributed by atoms with Gasteiger partial charge in [-0.15, -0.1) is 0 Å². The van der Waals surface area contributed by atoms with Gasteiger partial charge in [-0.3, -0.25) is 18.5 Å². The lowest BCUT2D eigenvalue weighted by Crippen LogP contribution is -2.40. The Balaban J connectivity index is 1.93. The summed E-state index contributed by atoms with van der Waals surface area (Å²) in [4.78, 5) is 31.1. The Hall–Kier alpha value is -3.65. The van der Waals surface area contributed by atoms with Gasteiger partial charge in [-0.2, -0.15) is 4.98 Å². The van der Waals surface area contributed by atoms with E-state index in [0.29, 0.717) is 36.4 Å². The minimum absolute atomic E-state index is 0.110. The van der Waals surface area contributed by atoms with Crippen molar-refractivity contribution in [1.82, 2.24) is 18.7 Å². The molecular formula is C26H30N4O4. The predicted molar refractivity (Wildman–Crippen MR) is 132 cm³/mol. The Morgan fingerprint density at radius 2 is 1.59 bits per heavy atom. The fourth-order valence-electron chi connectivity index (χ4n) is 3.98. The second kappa shape index (κ2) is 10.1. The summed E-state index contributed by atoms with van der Waals surface area (Å²) in [5.41, 5.74) is 3.03. The Kier molecular flexibility index (Phi) is 6.98. The molecular weight excluding hydrogens is 432 g/mol. The molecule has 0 amide bonds. The van der Waals surface area contributed by atoms with Crippen LogP contribution in [0.1, 0.15) is 37.0 Å². The summed E-state index contributed by atoms with van der Waals surface area (Å²) < 4.78 is 10.5. The van der Waals surface area contributed by atoms with E-state index < -0.39 is 11.2 Å². The van der Waals surface area contributed by atoms with Gasteiger partial charge in [-0.1, -0.05) is 48.9 Å². The lowest BCUT2D eigenvalue weighted by atomic mass is 10.1. The standard InChI is InChI=1S/C26H30N4O4/c1-4-19-11-13-21(14-12-19)34-25-27-23-22(30(25)17-20-9-7-18(3)8-10-20)24(32)29(15-6-16-31)26(33)28(23)5-2/h7-14,31H,4-6,15-17H2,1-3H3. The van der Waals surface area contributed by atoms with Crippen molar-refractivity contribution in [3.05, 3.63) is 86.1 Å². The molecule has 2 heterocycles. The first-order valence-corrected chi connectivity index (χ1v) is 11.6. The molecule has 2 aromatic heterocycles. The second-order valence-corrected chi connectivity index (χ2v) is 8.30. The highest BCUT2D eigenvalue weighted by Crippen LogP contribution is 2.26. The lowest BCUT2D eigenvalue weighted by Gasteiger charge is -2.12. The van der Waals surface area contributed by atoms with Crippen LogP contribution in [-0.2, 0) is 26.1 Å². The number of rotatable bonds is 9. The third kappa shape index (κ3) is 4.54. The van der Waals surface area contributed by atoms with Crippen LogP contribution in [0.4, 0.5) is 0 Å². The third-order valence-electron chi connectivity index (χ3n) is 5.94. The molecule has 0 aliphatic rings. The molecule has 8 heteroatoms. The summed E-state index contributed by atoms with van der Waals surface area (Å²) in [7, 11) is 0.